The summed E-state index contributed by atoms with van der Waals surface area (Å²) in [6.45, 7) is 1.45. The summed E-state index contributed by atoms with van der Waals surface area (Å²) < 4.78 is 5.76. The highest BCUT2D eigenvalue weighted by molar-refractivity contribution is 5.95. The largest absolute Gasteiger partial charge is 0.376 e. The fourth-order valence-electron chi connectivity index (χ4n) is 3.51. The van der Waals surface area contributed by atoms with Crippen LogP contribution in [0, 0.1) is 0 Å². The molecular formula is C21H23N3O2. The molecule has 1 aromatic heterocycles. The van der Waals surface area contributed by atoms with E-state index in [1.807, 2.05) is 43.4 Å². The maximum absolute atomic E-state index is 12.8. The van der Waals surface area contributed by atoms with E-state index in [4.69, 9.17) is 4.74 Å². The zero-order chi connectivity index (χ0) is 17.9. The molecule has 0 radical (unpaired) electrons. The van der Waals surface area contributed by atoms with Crippen LogP contribution in [0.4, 0.5) is 0 Å². The van der Waals surface area contributed by atoms with E-state index >= 15 is 0 Å². The molecule has 2 heterocycles. The molecule has 26 heavy (non-hydrogen) atoms. The Hall–Kier alpha value is -2.66. The van der Waals surface area contributed by atoms with Gasteiger partial charge in [0.1, 0.15) is 0 Å². The number of nitrogens with one attached hydrogen (secondary N) is 1. The van der Waals surface area contributed by atoms with Gasteiger partial charge in [0, 0.05) is 25.8 Å². The van der Waals surface area contributed by atoms with Gasteiger partial charge in [0.25, 0.3) is 5.91 Å². The minimum Gasteiger partial charge on any atom is -0.376 e. The highest BCUT2D eigenvalue weighted by Crippen LogP contribution is 2.24. The fraction of sp³-hybridized carbons (Fsp3) is 0.333. The van der Waals surface area contributed by atoms with Gasteiger partial charge in [-0.15, -0.1) is 0 Å². The molecule has 0 aliphatic carbocycles. The number of nitrogens with zero attached hydrogens (tertiary/aromatic N) is 2. The molecule has 1 N–H and O–H groups in total. The highest BCUT2D eigenvalue weighted by atomic mass is 16.5. The van der Waals surface area contributed by atoms with Gasteiger partial charge in [-0.2, -0.15) is 0 Å². The van der Waals surface area contributed by atoms with Crippen molar-refractivity contribution in [3.63, 3.8) is 0 Å². The summed E-state index contributed by atoms with van der Waals surface area (Å²) in [5.41, 5.74) is 4.72. The smallest absolute Gasteiger partial charge is 0.253 e. The quantitative estimate of drug-likeness (QED) is 0.778. The number of aromatic nitrogens is 2. The number of rotatable bonds is 4. The number of carbonyl (C=O) groups is 1. The second-order valence-corrected chi connectivity index (χ2v) is 6.89. The number of aromatic amines is 1. The Kier molecular flexibility index (Phi) is 4.71. The van der Waals surface area contributed by atoms with Crippen LogP contribution in [0.3, 0.4) is 0 Å². The summed E-state index contributed by atoms with van der Waals surface area (Å²) in [4.78, 5) is 22.0. The first-order valence-electron chi connectivity index (χ1n) is 9.11. The van der Waals surface area contributed by atoms with Crippen LogP contribution in [-0.4, -0.2) is 47.1 Å². The van der Waals surface area contributed by atoms with Crippen LogP contribution in [0.2, 0.25) is 0 Å². The molecule has 2 aromatic carbocycles. The van der Waals surface area contributed by atoms with Gasteiger partial charge in [0.15, 0.2) is 0 Å². The lowest BCUT2D eigenvalue weighted by atomic mass is 10.0. The molecule has 3 aromatic rings. The third kappa shape index (κ3) is 3.48. The van der Waals surface area contributed by atoms with Gasteiger partial charge < -0.3 is 14.6 Å². The Balaban J connectivity index is 1.53. The Morgan fingerprint density at radius 1 is 1.23 bits per heavy atom. The first kappa shape index (κ1) is 16.8. The Morgan fingerprint density at radius 2 is 2.12 bits per heavy atom. The number of amides is 1. The summed E-state index contributed by atoms with van der Waals surface area (Å²) in [5.74, 6) is 0.0311. The van der Waals surface area contributed by atoms with E-state index in [0.717, 1.165) is 41.6 Å². The summed E-state index contributed by atoms with van der Waals surface area (Å²) >= 11 is 0. The molecule has 0 spiro atoms. The highest BCUT2D eigenvalue weighted by Gasteiger charge is 2.20. The van der Waals surface area contributed by atoms with Crippen LogP contribution in [0.25, 0.3) is 22.2 Å². The number of hydrogen-bond acceptors (Lipinski definition) is 3. The SMILES string of the molecule is CN(CC1CCCCO1)C(=O)c1cccc(-c2ccc3nc[nH]c3c2)c1. The molecule has 1 unspecified atom stereocenters. The number of hydrogen-bond donors (Lipinski definition) is 1. The summed E-state index contributed by atoms with van der Waals surface area (Å²) in [5, 5.41) is 0. The van der Waals surface area contributed by atoms with E-state index in [9.17, 15) is 4.79 Å². The number of carbonyl (C=O) groups excluding carboxylic acids is 1. The molecule has 1 saturated heterocycles. The van der Waals surface area contributed by atoms with Crippen LogP contribution in [0.5, 0.6) is 0 Å². The fourth-order valence-corrected chi connectivity index (χ4v) is 3.51. The molecule has 1 aliphatic heterocycles. The van der Waals surface area contributed by atoms with E-state index in [0.29, 0.717) is 12.1 Å². The summed E-state index contributed by atoms with van der Waals surface area (Å²) in [6.07, 6.45) is 5.18. The molecule has 134 valence electrons. The normalized spacial score (nSPS) is 17.3. The number of benzene rings is 2. The lowest BCUT2D eigenvalue weighted by molar-refractivity contribution is -0.000186. The van der Waals surface area contributed by atoms with Crippen molar-refractivity contribution in [2.45, 2.75) is 25.4 Å². The molecule has 1 atom stereocenters. The van der Waals surface area contributed by atoms with Gasteiger partial charge in [0.05, 0.1) is 23.5 Å². The summed E-state index contributed by atoms with van der Waals surface area (Å²) in [6, 6.07) is 13.9. The van der Waals surface area contributed by atoms with Gasteiger partial charge in [-0.25, -0.2) is 4.98 Å². The van der Waals surface area contributed by atoms with Gasteiger partial charge >= 0.3 is 0 Å². The molecule has 5 heteroatoms. The number of fused-ring (bicyclic) bond motifs is 1. The molecular weight excluding hydrogens is 326 g/mol. The molecule has 1 fully saturated rings. The van der Waals surface area contributed by atoms with Crippen molar-refractivity contribution in [3.8, 4) is 11.1 Å². The number of ether oxygens (including phenoxy) is 1. The monoisotopic (exact) mass is 349 g/mol. The van der Waals surface area contributed by atoms with Crippen molar-refractivity contribution >= 4 is 16.9 Å². The average molecular weight is 349 g/mol. The van der Waals surface area contributed by atoms with Gasteiger partial charge in [-0.05, 0) is 54.7 Å². The summed E-state index contributed by atoms with van der Waals surface area (Å²) in [7, 11) is 1.85. The number of H-pyrrole nitrogens is 1. The predicted octanol–water partition coefficient (Wildman–Crippen LogP) is 3.87. The van der Waals surface area contributed by atoms with Crippen molar-refractivity contribution in [1.82, 2.24) is 14.9 Å². The van der Waals surface area contributed by atoms with Gasteiger partial charge in [-0.1, -0.05) is 18.2 Å². The molecule has 4 rings (SSSR count). The lowest BCUT2D eigenvalue weighted by Crippen LogP contribution is -2.37. The second-order valence-electron chi connectivity index (χ2n) is 6.89. The van der Waals surface area contributed by atoms with Crippen molar-refractivity contribution in [2.24, 2.45) is 0 Å². The van der Waals surface area contributed by atoms with Crippen molar-refractivity contribution < 1.29 is 9.53 Å². The average Bonchev–Trinajstić information content (AvgIpc) is 3.16. The third-order valence-corrected chi connectivity index (χ3v) is 4.96. The van der Waals surface area contributed by atoms with E-state index < -0.39 is 0 Å². The molecule has 0 saturated carbocycles. The van der Waals surface area contributed by atoms with E-state index in [2.05, 4.69) is 16.0 Å². The first-order valence-corrected chi connectivity index (χ1v) is 9.11. The van der Waals surface area contributed by atoms with Crippen LogP contribution in [-0.2, 0) is 4.74 Å². The lowest BCUT2D eigenvalue weighted by Gasteiger charge is -2.27. The standard InChI is InChI=1S/C21H23N3O2/c1-24(13-18-7-2-3-10-26-18)21(25)17-6-4-5-15(11-17)16-8-9-19-20(12-16)23-14-22-19/h4-6,8-9,11-12,14,18H,2-3,7,10,13H2,1H3,(H,22,23). The minimum absolute atomic E-state index is 0.0311. The van der Waals surface area contributed by atoms with Gasteiger partial charge in [-0.3, -0.25) is 4.79 Å². The maximum Gasteiger partial charge on any atom is 0.253 e. The van der Waals surface area contributed by atoms with Gasteiger partial charge in [0.2, 0.25) is 0 Å². The van der Waals surface area contributed by atoms with Crippen LogP contribution < -0.4 is 0 Å². The van der Waals surface area contributed by atoms with E-state index in [1.165, 1.54) is 6.42 Å². The zero-order valence-corrected chi connectivity index (χ0v) is 14.9. The predicted molar refractivity (Wildman–Crippen MR) is 102 cm³/mol. The molecule has 0 bridgehead atoms. The van der Waals surface area contributed by atoms with Crippen molar-refractivity contribution in [1.29, 1.82) is 0 Å². The van der Waals surface area contributed by atoms with Crippen molar-refractivity contribution in [3.05, 3.63) is 54.4 Å². The van der Waals surface area contributed by atoms with E-state index in [1.54, 1.807) is 11.2 Å². The molecule has 5 nitrogen and oxygen atoms in total. The Labute approximate surface area is 153 Å². The minimum atomic E-state index is 0.0311. The van der Waals surface area contributed by atoms with Crippen LogP contribution in [0.1, 0.15) is 29.6 Å². The van der Waals surface area contributed by atoms with E-state index in [-0.39, 0.29) is 12.0 Å². The Morgan fingerprint density at radius 3 is 2.96 bits per heavy atom. The molecule has 1 aliphatic rings. The second kappa shape index (κ2) is 7.30. The number of imidazole rings is 1. The van der Waals surface area contributed by atoms with Crippen LogP contribution in [0.15, 0.2) is 48.8 Å². The number of likely N-dealkylation sites (N-methyl/N-ethyl adjacent to an activating group) is 1. The first-order chi connectivity index (χ1) is 12.7. The van der Waals surface area contributed by atoms with Crippen molar-refractivity contribution in [2.75, 3.05) is 20.2 Å². The molecule has 1 amide bonds. The topological polar surface area (TPSA) is 58.2 Å². The maximum atomic E-state index is 12.8. The Bertz CT molecular complexity index is 912. The zero-order valence-electron chi connectivity index (χ0n) is 14.9. The van der Waals surface area contributed by atoms with Crippen LogP contribution >= 0.6 is 0 Å². The third-order valence-electron chi connectivity index (χ3n) is 4.96.